The van der Waals surface area contributed by atoms with Gasteiger partial charge in [-0.2, -0.15) is 13.2 Å². The molecule has 1 aromatic carbocycles. The summed E-state index contributed by atoms with van der Waals surface area (Å²) in [4.78, 5) is 47.3. The van der Waals surface area contributed by atoms with Gasteiger partial charge in [-0.25, -0.2) is 4.79 Å². The van der Waals surface area contributed by atoms with E-state index in [4.69, 9.17) is 0 Å². The standard InChI is InChI=1S/C26H34F3N5O3/c1-5-33-20-15-34(19(14-16(2)3)23(35)32-12-10-31(4)11-13-32)24(36)21(20)22(30-25(33)37)17-8-6-7-9-18(17)26(27,28)29/h6-9,16,19,22H,5,10-15H2,1-4H3,(H,30,37)/t19-,22+/m1/s1. The Morgan fingerprint density at radius 2 is 1.76 bits per heavy atom. The first-order valence-electron chi connectivity index (χ1n) is 12.7. The molecule has 202 valence electrons. The van der Waals surface area contributed by atoms with Crippen LogP contribution in [0.1, 0.15) is 44.4 Å². The maximum atomic E-state index is 13.9. The Morgan fingerprint density at radius 3 is 2.35 bits per heavy atom. The Labute approximate surface area is 215 Å². The number of nitrogens with one attached hydrogen (secondary N) is 1. The minimum Gasteiger partial charge on any atom is -0.338 e. The molecule has 11 heteroatoms. The van der Waals surface area contributed by atoms with Crippen molar-refractivity contribution in [1.82, 2.24) is 24.9 Å². The zero-order valence-electron chi connectivity index (χ0n) is 21.6. The lowest BCUT2D eigenvalue weighted by Gasteiger charge is -2.37. The molecule has 2 atom stereocenters. The number of carbonyl (C=O) groups is 3. The number of alkyl halides is 3. The monoisotopic (exact) mass is 521 g/mol. The maximum Gasteiger partial charge on any atom is 0.416 e. The van der Waals surface area contributed by atoms with Crippen molar-refractivity contribution in [3.8, 4) is 0 Å². The molecule has 1 aromatic rings. The van der Waals surface area contributed by atoms with Crippen molar-refractivity contribution in [1.29, 1.82) is 0 Å². The summed E-state index contributed by atoms with van der Waals surface area (Å²) in [6.07, 6.45) is -4.25. The van der Waals surface area contributed by atoms with E-state index in [0.717, 1.165) is 19.2 Å². The van der Waals surface area contributed by atoms with Crippen LogP contribution in [0.2, 0.25) is 0 Å². The van der Waals surface area contributed by atoms with Gasteiger partial charge in [0.05, 0.1) is 29.4 Å². The van der Waals surface area contributed by atoms with Crippen LogP contribution in [0.15, 0.2) is 35.5 Å². The van der Waals surface area contributed by atoms with E-state index >= 15 is 0 Å². The third kappa shape index (κ3) is 5.18. The van der Waals surface area contributed by atoms with Gasteiger partial charge in [0.1, 0.15) is 6.04 Å². The minimum absolute atomic E-state index is 0.00300. The molecular weight excluding hydrogens is 487 g/mol. The van der Waals surface area contributed by atoms with Crippen LogP contribution >= 0.6 is 0 Å². The summed E-state index contributed by atoms with van der Waals surface area (Å²) >= 11 is 0. The van der Waals surface area contributed by atoms with Crippen LogP contribution in [0.5, 0.6) is 0 Å². The molecule has 0 radical (unpaired) electrons. The van der Waals surface area contributed by atoms with Gasteiger partial charge in [-0.05, 0) is 37.9 Å². The molecule has 8 nitrogen and oxygen atoms in total. The molecule has 3 heterocycles. The molecule has 4 rings (SSSR count). The quantitative estimate of drug-likeness (QED) is 0.625. The maximum absolute atomic E-state index is 13.9. The number of hydrogen-bond donors (Lipinski definition) is 1. The molecule has 1 fully saturated rings. The lowest BCUT2D eigenvalue weighted by Crippen LogP contribution is -2.55. The summed E-state index contributed by atoms with van der Waals surface area (Å²) in [6, 6.07) is 2.37. The Morgan fingerprint density at radius 1 is 1.11 bits per heavy atom. The fraction of sp³-hybridized carbons (Fsp3) is 0.577. The molecule has 0 aliphatic carbocycles. The second-order valence-electron chi connectivity index (χ2n) is 10.3. The molecular formula is C26H34F3N5O3. The van der Waals surface area contributed by atoms with E-state index < -0.39 is 35.8 Å². The first-order chi connectivity index (χ1) is 17.4. The Bertz CT molecular complexity index is 1100. The van der Waals surface area contributed by atoms with Crippen molar-refractivity contribution in [2.75, 3.05) is 46.3 Å². The van der Waals surface area contributed by atoms with E-state index in [2.05, 4.69) is 10.2 Å². The van der Waals surface area contributed by atoms with E-state index in [0.29, 0.717) is 25.2 Å². The highest BCUT2D eigenvalue weighted by atomic mass is 19.4. The van der Waals surface area contributed by atoms with Crippen LogP contribution in [0, 0.1) is 5.92 Å². The molecule has 1 N–H and O–H groups in total. The molecule has 4 amide bonds. The summed E-state index contributed by atoms with van der Waals surface area (Å²) in [5, 5.41) is 2.63. The number of benzene rings is 1. The third-order valence-electron chi connectivity index (χ3n) is 7.31. The predicted molar refractivity (Wildman–Crippen MR) is 131 cm³/mol. The average Bonchev–Trinajstić information content (AvgIpc) is 3.18. The van der Waals surface area contributed by atoms with Gasteiger partial charge in [0.2, 0.25) is 5.91 Å². The van der Waals surface area contributed by atoms with E-state index in [1.54, 1.807) is 11.8 Å². The second-order valence-corrected chi connectivity index (χ2v) is 10.3. The van der Waals surface area contributed by atoms with Crippen molar-refractivity contribution >= 4 is 17.8 Å². The number of halogens is 3. The van der Waals surface area contributed by atoms with Crippen LogP contribution in [0.4, 0.5) is 18.0 Å². The number of urea groups is 1. The molecule has 37 heavy (non-hydrogen) atoms. The molecule has 0 spiro atoms. The van der Waals surface area contributed by atoms with E-state index in [9.17, 15) is 27.6 Å². The number of nitrogens with zero attached hydrogens (tertiary/aromatic N) is 4. The predicted octanol–water partition coefficient (Wildman–Crippen LogP) is 3.08. The highest BCUT2D eigenvalue weighted by molar-refractivity contribution is 6.03. The van der Waals surface area contributed by atoms with E-state index in [1.165, 1.54) is 28.0 Å². The number of amides is 4. The van der Waals surface area contributed by atoms with Crippen LogP contribution in [0.25, 0.3) is 0 Å². The largest absolute Gasteiger partial charge is 0.416 e. The summed E-state index contributed by atoms with van der Waals surface area (Å²) < 4.78 is 41.7. The van der Waals surface area contributed by atoms with Gasteiger partial charge in [-0.1, -0.05) is 32.0 Å². The van der Waals surface area contributed by atoms with Gasteiger partial charge in [0.25, 0.3) is 5.91 Å². The van der Waals surface area contributed by atoms with E-state index in [-0.39, 0.29) is 36.1 Å². The van der Waals surface area contributed by atoms with Crippen LogP contribution in [0.3, 0.4) is 0 Å². The molecule has 0 bridgehead atoms. The highest BCUT2D eigenvalue weighted by Crippen LogP contribution is 2.42. The van der Waals surface area contributed by atoms with Gasteiger partial charge in [0, 0.05) is 32.7 Å². The Hall–Kier alpha value is -3.08. The normalized spacial score (nSPS) is 22.1. The average molecular weight is 522 g/mol. The summed E-state index contributed by atoms with van der Waals surface area (Å²) in [7, 11) is 1.98. The SMILES string of the molecule is CCN1C(=O)N[C@@H](c2ccccc2C(F)(F)F)C2=C1CN([C@H](CC(C)C)C(=O)N1CCN(C)CC1)C2=O. The lowest BCUT2D eigenvalue weighted by atomic mass is 9.91. The Kier molecular flexibility index (Phi) is 7.55. The number of hydrogen-bond acceptors (Lipinski definition) is 4. The lowest BCUT2D eigenvalue weighted by molar-refractivity contribution is -0.144. The third-order valence-corrected chi connectivity index (χ3v) is 7.31. The first-order valence-corrected chi connectivity index (χ1v) is 12.7. The summed E-state index contributed by atoms with van der Waals surface area (Å²) in [5.41, 5.74) is -0.639. The van der Waals surface area contributed by atoms with Crippen molar-refractivity contribution in [3.05, 3.63) is 46.7 Å². The number of piperazine rings is 1. The second kappa shape index (κ2) is 10.4. The molecule has 1 saturated heterocycles. The van der Waals surface area contributed by atoms with Crippen molar-refractivity contribution in [2.45, 2.75) is 45.5 Å². The van der Waals surface area contributed by atoms with Crippen molar-refractivity contribution in [2.24, 2.45) is 5.92 Å². The zero-order chi connectivity index (χ0) is 27.1. The van der Waals surface area contributed by atoms with Crippen molar-refractivity contribution < 1.29 is 27.6 Å². The summed E-state index contributed by atoms with van der Waals surface area (Å²) in [5.74, 6) is -0.580. The fourth-order valence-electron chi connectivity index (χ4n) is 5.39. The van der Waals surface area contributed by atoms with Gasteiger partial charge >= 0.3 is 12.2 Å². The fourth-order valence-corrected chi connectivity index (χ4v) is 5.39. The zero-order valence-corrected chi connectivity index (χ0v) is 21.6. The molecule has 0 aromatic heterocycles. The summed E-state index contributed by atoms with van der Waals surface area (Å²) in [6.45, 7) is 8.43. The molecule has 0 saturated carbocycles. The van der Waals surface area contributed by atoms with Crippen LogP contribution in [-0.4, -0.2) is 89.8 Å². The van der Waals surface area contributed by atoms with Crippen LogP contribution < -0.4 is 5.32 Å². The molecule has 0 unspecified atom stereocenters. The number of likely N-dealkylation sites (N-methyl/N-ethyl adjacent to an activating group) is 2. The number of carbonyl (C=O) groups excluding carboxylic acids is 3. The minimum atomic E-state index is -4.66. The Balaban J connectivity index is 1.73. The molecule has 3 aliphatic heterocycles. The first kappa shape index (κ1) is 27.0. The van der Waals surface area contributed by atoms with Crippen LogP contribution in [-0.2, 0) is 15.8 Å². The van der Waals surface area contributed by atoms with Crippen molar-refractivity contribution in [3.63, 3.8) is 0 Å². The van der Waals surface area contributed by atoms with Gasteiger partial charge in [0.15, 0.2) is 0 Å². The van der Waals surface area contributed by atoms with Gasteiger partial charge < -0.3 is 20.0 Å². The molecule has 3 aliphatic rings. The van der Waals surface area contributed by atoms with E-state index in [1.807, 2.05) is 20.9 Å². The number of rotatable bonds is 6. The smallest absolute Gasteiger partial charge is 0.338 e. The topological polar surface area (TPSA) is 76.2 Å². The van der Waals surface area contributed by atoms with Gasteiger partial charge in [-0.15, -0.1) is 0 Å². The van der Waals surface area contributed by atoms with Gasteiger partial charge in [-0.3, -0.25) is 14.5 Å². The highest BCUT2D eigenvalue weighted by Gasteiger charge is 2.49.